The zero-order valence-electron chi connectivity index (χ0n) is 12.0. The fourth-order valence-corrected chi connectivity index (χ4v) is 2.56. The fraction of sp³-hybridized carbons (Fsp3) is 0.375. The van der Waals surface area contributed by atoms with Gasteiger partial charge in [0, 0.05) is 19.2 Å². The van der Waals surface area contributed by atoms with Crippen LogP contribution in [0.5, 0.6) is 0 Å². The summed E-state index contributed by atoms with van der Waals surface area (Å²) in [5.74, 6) is 0.106. The predicted molar refractivity (Wildman–Crippen MR) is 81.3 cm³/mol. The molecule has 2 heterocycles. The molecule has 0 aliphatic carbocycles. The van der Waals surface area contributed by atoms with Crippen molar-refractivity contribution >= 4 is 5.91 Å². The lowest BCUT2D eigenvalue weighted by atomic mass is 10.2. The van der Waals surface area contributed by atoms with Gasteiger partial charge in [0.1, 0.15) is 0 Å². The van der Waals surface area contributed by atoms with Crippen LogP contribution in [0.25, 0.3) is 5.69 Å². The first kappa shape index (κ1) is 13.8. The van der Waals surface area contributed by atoms with Crippen molar-refractivity contribution in [2.45, 2.75) is 25.3 Å². The Morgan fingerprint density at radius 3 is 2.95 bits per heavy atom. The van der Waals surface area contributed by atoms with E-state index in [-0.39, 0.29) is 11.9 Å². The summed E-state index contributed by atoms with van der Waals surface area (Å²) < 4.78 is 1.86. The molecule has 1 aromatic carbocycles. The van der Waals surface area contributed by atoms with Gasteiger partial charge in [0.05, 0.1) is 17.4 Å². The van der Waals surface area contributed by atoms with Gasteiger partial charge in [-0.2, -0.15) is 5.10 Å². The summed E-state index contributed by atoms with van der Waals surface area (Å²) in [6.45, 7) is 1.57. The molecule has 0 spiro atoms. The third kappa shape index (κ3) is 3.49. The Labute approximate surface area is 124 Å². The maximum Gasteiger partial charge on any atom is 0.237 e. The molecule has 0 bridgehead atoms. The number of nitrogens with one attached hydrogen (secondary N) is 2. The summed E-state index contributed by atoms with van der Waals surface area (Å²) >= 11 is 0. The molecule has 5 heteroatoms. The van der Waals surface area contributed by atoms with E-state index in [4.69, 9.17) is 0 Å². The van der Waals surface area contributed by atoms with Crippen LogP contribution in [0.3, 0.4) is 0 Å². The Kier molecular flexibility index (Phi) is 4.31. The van der Waals surface area contributed by atoms with E-state index in [9.17, 15) is 4.79 Å². The van der Waals surface area contributed by atoms with Gasteiger partial charge in [0.25, 0.3) is 0 Å². The van der Waals surface area contributed by atoms with Crippen LogP contribution in [0.15, 0.2) is 42.6 Å². The summed E-state index contributed by atoms with van der Waals surface area (Å²) in [4.78, 5) is 11.9. The topological polar surface area (TPSA) is 59.0 Å². The number of carbonyl (C=O) groups excluding carboxylic acids is 1. The number of rotatable bonds is 5. The number of para-hydroxylation sites is 1. The van der Waals surface area contributed by atoms with Crippen molar-refractivity contribution in [1.29, 1.82) is 0 Å². The summed E-state index contributed by atoms with van der Waals surface area (Å²) in [6, 6.07) is 12.0. The van der Waals surface area contributed by atoms with Crippen molar-refractivity contribution in [1.82, 2.24) is 20.4 Å². The van der Waals surface area contributed by atoms with Gasteiger partial charge >= 0.3 is 0 Å². The van der Waals surface area contributed by atoms with E-state index in [2.05, 4.69) is 15.7 Å². The number of amides is 1. The van der Waals surface area contributed by atoms with Crippen LogP contribution in [-0.2, 0) is 11.2 Å². The molecule has 1 unspecified atom stereocenters. The Morgan fingerprint density at radius 2 is 2.19 bits per heavy atom. The minimum Gasteiger partial charge on any atom is -0.354 e. The number of benzene rings is 1. The quantitative estimate of drug-likeness (QED) is 0.869. The van der Waals surface area contributed by atoms with Crippen LogP contribution >= 0.6 is 0 Å². The van der Waals surface area contributed by atoms with Crippen LogP contribution in [0.4, 0.5) is 0 Å². The first-order valence-electron chi connectivity index (χ1n) is 7.44. The number of hydrogen-bond donors (Lipinski definition) is 2. The highest BCUT2D eigenvalue weighted by Crippen LogP contribution is 2.07. The van der Waals surface area contributed by atoms with E-state index >= 15 is 0 Å². The second-order valence-electron chi connectivity index (χ2n) is 5.28. The van der Waals surface area contributed by atoms with Crippen molar-refractivity contribution < 1.29 is 4.79 Å². The molecule has 3 rings (SSSR count). The van der Waals surface area contributed by atoms with Gasteiger partial charge in [0.15, 0.2) is 0 Å². The Balaban J connectivity index is 1.50. The van der Waals surface area contributed by atoms with Crippen molar-refractivity contribution in [2.24, 2.45) is 0 Å². The van der Waals surface area contributed by atoms with Crippen molar-refractivity contribution in [3.63, 3.8) is 0 Å². The zero-order chi connectivity index (χ0) is 14.5. The van der Waals surface area contributed by atoms with Gasteiger partial charge in [-0.3, -0.25) is 4.79 Å². The average molecular weight is 284 g/mol. The van der Waals surface area contributed by atoms with Crippen LogP contribution in [0.1, 0.15) is 18.5 Å². The normalized spacial score (nSPS) is 17.8. The number of aromatic nitrogens is 2. The molecule has 1 aliphatic heterocycles. The average Bonchev–Trinajstić information content (AvgIpc) is 3.20. The lowest BCUT2D eigenvalue weighted by Crippen LogP contribution is -2.41. The fourth-order valence-electron chi connectivity index (χ4n) is 2.56. The second-order valence-corrected chi connectivity index (χ2v) is 5.28. The molecule has 1 saturated heterocycles. The smallest absolute Gasteiger partial charge is 0.237 e. The van der Waals surface area contributed by atoms with Gasteiger partial charge < -0.3 is 10.6 Å². The number of carbonyl (C=O) groups is 1. The van der Waals surface area contributed by atoms with E-state index in [1.165, 1.54) is 0 Å². The van der Waals surface area contributed by atoms with Crippen molar-refractivity contribution in [3.8, 4) is 5.69 Å². The number of nitrogens with zero attached hydrogens (tertiary/aromatic N) is 2. The second kappa shape index (κ2) is 6.54. The molecule has 5 nitrogen and oxygen atoms in total. The third-order valence-electron chi connectivity index (χ3n) is 3.72. The van der Waals surface area contributed by atoms with Crippen molar-refractivity contribution in [2.75, 3.05) is 13.1 Å². The van der Waals surface area contributed by atoms with Crippen LogP contribution in [0, 0.1) is 0 Å². The largest absolute Gasteiger partial charge is 0.354 e. The lowest BCUT2D eigenvalue weighted by molar-refractivity contribution is -0.122. The molecule has 1 aromatic heterocycles. The van der Waals surface area contributed by atoms with E-state index < -0.39 is 0 Å². The van der Waals surface area contributed by atoms with Crippen LogP contribution in [0.2, 0.25) is 0 Å². The van der Waals surface area contributed by atoms with Crippen LogP contribution in [-0.4, -0.2) is 34.8 Å². The van der Waals surface area contributed by atoms with Gasteiger partial charge in [-0.05, 0) is 37.6 Å². The maximum atomic E-state index is 11.9. The minimum atomic E-state index is -0.00752. The van der Waals surface area contributed by atoms with E-state index in [0.29, 0.717) is 6.54 Å². The molecule has 110 valence electrons. The van der Waals surface area contributed by atoms with Gasteiger partial charge in [-0.1, -0.05) is 18.2 Å². The first-order chi connectivity index (χ1) is 10.3. The summed E-state index contributed by atoms with van der Waals surface area (Å²) in [6.07, 6.45) is 4.72. The van der Waals surface area contributed by atoms with Gasteiger partial charge in [0.2, 0.25) is 5.91 Å². The molecular weight excluding hydrogens is 264 g/mol. The predicted octanol–water partition coefficient (Wildman–Crippen LogP) is 1.28. The van der Waals surface area contributed by atoms with E-state index in [0.717, 1.165) is 37.2 Å². The standard InChI is InChI=1S/C16H20N4O/c21-16(15-7-4-10-17-15)18-11-8-13-9-12-20(19-13)14-5-2-1-3-6-14/h1-3,5-6,9,12,15,17H,4,7-8,10-11H2,(H,18,21). The summed E-state index contributed by atoms with van der Waals surface area (Å²) in [5, 5.41) is 10.7. The van der Waals surface area contributed by atoms with E-state index in [1.54, 1.807) is 0 Å². The zero-order valence-corrected chi connectivity index (χ0v) is 12.0. The van der Waals surface area contributed by atoms with E-state index in [1.807, 2.05) is 47.3 Å². The molecule has 0 saturated carbocycles. The minimum absolute atomic E-state index is 0.00752. The Hall–Kier alpha value is -2.14. The molecular formula is C16H20N4O. The molecule has 2 aromatic rings. The highest BCUT2D eigenvalue weighted by Gasteiger charge is 2.21. The first-order valence-corrected chi connectivity index (χ1v) is 7.44. The monoisotopic (exact) mass is 284 g/mol. The maximum absolute atomic E-state index is 11.9. The summed E-state index contributed by atoms with van der Waals surface area (Å²) in [7, 11) is 0. The molecule has 1 aliphatic rings. The van der Waals surface area contributed by atoms with Gasteiger partial charge in [-0.15, -0.1) is 0 Å². The molecule has 1 amide bonds. The molecule has 1 atom stereocenters. The Bertz CT molecular complexity index is 587. The molecule has 21 heavy (non-hydrogen) atoms. The highest BCUT2D eigenvalue weighted by atomic mass is 16.2. The summed E-state index contributed by atoms with van der Waals surface area (Å²) in [5.41, 5.74) is 2.03. The molecule has 0 radical (unpaired) electrons. The molecule has 2 N–H and O–H groups in total. The third-order valence-corrected chi connectivity index (χ3v) is 3.72. The molecule has 1 fully saturated rings. The van der Waals surface area contributed by atoms with Gasteiger partial charge in [-0.25, -0.2) is 4.68 Å². The highest BCUT2D eigenvalue weighted by molar-refractivity contribution is 5.81. The van der Waals surface area contributed by atoms with Crippen molar-refractivity contribution in [3.05, 3.63) is 48.3 Å². The number of hydrogen-bond acceptors (Lipinski definition) is 3. The Morgan fingerprint density at radius 1 is 1.33 bits per heavy atom. The van der Waals surface area contributed by atoms with Crippen LogP contribution < -0.4 is 10.6 Å². The lowest BCUT2D eigenvalue weighted by Gasteiger charge is -2.10. The SMILES string of the molecule is O=C(NCCc1ccn(-c2ccccc2)n1)C1CCCN1.